The first-order valence-electron chi connectivity index (χ1n) is 10.9. The standard InChI is InChI=1S/C21H46N2S3/c1-4-7-9-19(14-22)18-26-21(16-24)11-13-25-17-20(10-8-5-2)15-23-12-6-3/h19-21,23-24H,4-18,22H2,1-3H3. The summed E-state index contributed by atoms with van der Waals surface area (Å²) in [7, 11) is 0. The minimum atomic E-state index is 0.689. The number of hydrogen-bond donors (Lipinski definition) is 3. The molecule has 158 valence electrons. The third-order valence-electron chi connectivity index (χ3n) is 4.83. The molecule has 0 aromatic heterocycles. The van der Waals surface area contributed by atoms with Gasteiger partial charge in [0.05, 0.1) is 0 Å². The Kier molecular flexibility index (Phi) is 21.5. The second-order valence-corrected chi connectivity index (χ2v) is 10.3. The van der Waals surface area contributed by atoms with E-state index in [9.17, 15) is 0 Å². The predicted octanol–water partition coefficient (Wildman–Crippen LogP) is 5.71. The normalized spacial score (nSPS) is 15.1. The average molecular weight is 423 g/mol. The Morgan fingerprint density at radius 1 is 0.923 bits per heavy atom. The first kappa shape index (κ1) is 27.0. The molecule has 0 aromatic rings. The third kappa shape index (κ3) is 16.0. The summed E-state index contributed by atoms with van der Waals surface area (Å²) in [5.41, 5.74) is 5.94. The van der Waals surface area contributed by atoms with Gasteiger partial charge >= 0.3 is 0 Å². The zero-order chi connectivity index (χ0) is 19.5. The van der Waals surface area contributed by atoms with Gasteiger partial charge in [0.25, 0.3) is 0 Å². The Bertz CT molecular complexity index is 280. The fourth-order valence-corrected chi connectivity index (χ4v) is 6.07. The Balaban J connectivity index is 3.98. The van der Waals surface area contributed by atoms with Crippen molar-refractivity contribution in [3.63, 3.8) is 0 Å². The van der Waals surface area contributed by atoms with Crippen LogP contribution < -0.4 is 11.1 Å². The number of thioether (sulfide) groups is 2. The molecular weight excluding hydrogens is 376 g/mol. The summed E-state index contributed by atoms with van der Waals surface area (Å²) < 4.78 is 0. The first-order valence-corrected chi connectivity index (χ1v) is 13.8. The maximum atomic E-state index is 5.94. The van der Waals surface area contributed by atoms with Crippen LogP contribution in [-0.2, 0) is 0 Å². The van der Waals surface area contributed by atoms with Crippen molar-refractivity contribution >= 4 is 36.2 Å². The van der Waals surface area contributed by atoms with Crippen LogP contribution >= 0.6 is 36.2 Å². The van der Waals surface area contributed by atoms with Crippen LogP contribution in [0.2, 0.25) is 0 Å². The van der Waals surface area contributed by atoms with E-state index in [-0.39, 0.29) is 0 Å². The number of unbranched alkanes of at least 4 members (excludes halogenated alkanes) is 2. The number of rotatable bonds is 20. The van der Waals surface area contributed by atoms with Gasteiger partial charge in [-0.2, -0.15) is 36.2 Å². The number of hydrogen-bond acceptors (Lipinski definition) is 5. The van der Waals surface area contributed by atoms with Crippen LogP contribution in [0.1, 0.15) is 72.1 Å². The molecular formula is C21H46N2S3. The van der Waals surface area contributed by atoms with Crippen LogP contribution in [0.5, 0.6) is 0 Å². The fourth-order valence-electron chi connectivity index (χ4n) is 2.95. The van der Waals surface area contributed by atoms with Crippen molar-refractivity contribution in [1.82, 2.24) is 5.32 Å². The largest absolute Gasteiger partial charge is 0.330 e. The molecule has 0 spiro atoms. The van der Waals surface area contributed by atoms with Crippen molar-refractivity contribution < 1.29 is 0 Å². The lowest BCUT2D eigenvalue weighted by Crippen LogP contribution is -2.25. The highest BCUT2D eigenvalue weighted by Crippen LogP contribution is 2.24. The molecule has 2 nitrogen and oxygen atoms in total. The molecule has 3 atom stereocenters. The molecule has 0 saturated heterocycles. The smallest absolute Gasteiger partial charge is 0.0143 e. The highest BCUT2D eigenvalue weighted by atomic mass is 32.2. The van der Waals surface area contributed by atoms with Crippen LogP contribution in [0.25, 0.3) is 0 Å². The Morgan fingerprint density at radius 3 is 2.19 bits per heavy atom. The van der Waals surface area contributed by atoms with E-state index < -0.39 is 0 Å². The van der Waals surface area contributed by atoms with Crippen LogP contribution in [0.4, 0.5) is 0 Å². The summed E-state index contributed by atoms with van der Waals surface area (Å²) in [5, 5.41) is 4.31. The predicted molar refractivity (Wildman–Crippen MR) is 130 cm³/mol. The summed E-state index contributed by atoms with van der Waals surface area (Å²) in [5.74, 6) is 6.32. The number of nitrogens with one attached hydrogen (secondary N) is 1. The zero-order valence-corrected chi connectivity index (χ0v) is 20.2. The van der Waals surface area contributed by atoms with Gasteiger partial charge in [-0.25, -0.2) is 0 Å². The lowest BCUT2D eigenvalue weighted by molar-refractivity contribution is 0.471. The molecule has 3 N–H and O–H groups in total. The minimum Gasteiger partial charge on any atom is -0.330 e. The average Bonchev–Trinajstić information content (AvgIpc) is 2.67. The van der Waals surface area contributed by atoms with E-state index in [4.69, 9.17) is 5.73 Å². The van der Waals surface area contributed by atoms with E-state index >= 15 is 0 Å². The molecule has 0 saturated carbocycles. The zero-order valence-electron chi connectivity index (χ0n) is 17.7. The molecule has 0 aliphatic carbocycles. The Morgan fingerprint density at radius 2 is 1.62 bits per heavy atom. The van der Waals surface area contributed by atoms with E-state index in [0.717, 1.165) is 24.8 Å². The third-order valence-corrected chi connectivity index (χ3v) is 8.29. The topological polar surface area (TPSA) is 38.0 Å². The van der Waals surface area contributed by atoms with E-state index in [1.807, 2.05) is 0 Å². The van der Waals surface area contributed by atoms with Gasteiger partial charge in [-0.15, -0.1) is 0 Å². The van der Waals surface area contributed by atoms with Gasteiger partial charge in [-0.05, 0) is 74.4 Å². The second kappa shape index (κ2) is 20.7. The van der Waals surface area contributed by atoms with Crippen molar-refractivity contribution in [2.45, 2.75) is 77.4 Å². The van der Waals surface area contributed by atoms with Gasteiger partial charge in [-0.1, -0.05) is 46.5 Å². The van der Waals surface area contributed by atoms with Crippen LogP contribution in [0.3, 0.4) is 0 Å². The summed E-state index contributed by atoms with van der Waals surface area (Å²) >= 11 is 8.86. The molecule has 0 bridgehead atoms. The molecule has 0 aromatic carbocycles. The molecule has 26 heavy (non-hydrogen) atoms. The molecule has 0 aliphatic heterocycles. The van der Waals surface area contributed by atoms with Crippen molar-refractivity contribution in [3.05, 3.63) is 0 Å². The highest BCUT2D eigenvalue weighted by Gasteiger charge is 2.13. The van der Waals surface area contributed by atoms with E-state index in [1.165, 1.54) is 75.2 Å². The molecule has 0 fully saturated rings. The molecule has 0 heterocycles. The lowest BCUT2D eigenvalue weighted by atomic mass is 10.0. The monoisotopic (exact) mass is 422 g/mol. The van der Waals surface area contributed by atoms with Gasteiger partial charge in [0, 0.05) is 11.0 Å². The summed E-state index contributed by atoms with van der Waals surface area (Å²) in [6, 6.07) is 0. The van der Waals surface area contributed by atoms with Gasteiger partial charge in [0.2, 0.25) is 0 Å². The van der Waals surface area contributed by atoms with E-state index in [2.05, 4.69) is 62.2 Å². The summed E-state index contributed by atoms with van der Waals surface area (Å²) in [6.07, 6.45) is 10.5. The van der Waals surface area contributed by atoms with Gasteiger partial charge in [0.15, 0.2) is 0 Å². The van der Waals surface area contributed by atoms with Crippen LogP contribution in [-0.4, -0.2) is 47.9 Å². The quantitative estimate of drug-likeness (QED) is 0.173. The van der Waals surface area contributed by atoms with Gasteiger partial charge in [0.1, 0.15) is 0 Å². The first-order chi connectivity index (χ1) is 12.7. The van der Waals surface area contributed by atoms with Crippen molar-refractivity contribution in [2.75, 3.05) is 42.6 Å². The number of nitrogens with two attached hydrogens (primary N) is 1. The highest BCUT2D eigenvalue weighted by molar-refractivity contribution is 8.01. The molecule has 5 heteroatoms. The van der Waals surface area contributed by atoms with Crippen LogP contribution in [0.15, 0.2) is 0 Å². The van der Waals surface area contributed by atoms with Gasteiger partial charge < -0.3 is 11.1 Å². The number of thiol groups is 1. The molecule has 0 amide bonds. The molecule has 0 radical (unpaired) electrons. The SMILES string of the molecule is CCCCC(CNCCC)CSCCC(CS)SCC(CN)CCCC. The van der Waals surface area contributed by atoms with Crippen molar-refractivity contribution in [2.24, 2.45) is 17.6 Å². The lowest BCUT2D eigenvalue weighted by Gasteiger charge is -2.20. The van der Waals surface area contributed by atoms with E-state index in [0.29, 0.717) is 11.2 Å². The minimum absolute atomic E-state index is 0.689. The van der Waals surface area contributed by atoms with E-state index in [1.54, 1.807) is 0 Å². The molecule has 3 unspecified atom stereocenters. The molecule has 0 rings (SSSR count). The summed E-state index contributed by atoms with van der Waals surface area (Å²) in [4.78, 5) is 0. The van der Waals surface area contributed by atoms with Crippen molar-refractivity contribution in [1.29, 1.82) is 0 Å². The van der Waals surface area contributed by atoms with Crippen LogP contribution in [0, 0.1) is 11.8 Å². The second-order valence-electron chi connectivity index (χ2n) is 7.46. The Hall–Kier alpha value is 0.970. The fraction of sp³-hybridized carbons (Fsp3) is 1.00. The maximum absolute atomic E-state index is 5.94. The summed E-state index contributed by atoms with van der Waals surface area (Å²) in [6.45, 7) is 10.0. The van der Waals surface area contributed by atoms with Crippen molar-refractivity contribution in [3.8, 4) is 0 Å². The van der Waals surface area contributed by atoms with Gasteiger partial charge in [-0.3, -0.25) is 0 Å². The maximum Gasteiger partial charge on any atom is 0.0143 e. The molecule has 0 aliphatic rings. The Labute approximate surface area is 178 Å².